The second-order valence-electron chi connectivity index (χ2n) is 9.00. The summed E-state index contributed by atoms with van der Waals surface area (Å²) in [4.78, 5) is 15.2. The van der Waals surface area contributed by atoms with Gasteiger partial charge in [-0.3, -0.25) is 9.69 Å². The minimum Gasteiger partial charge on any atom is -0.376 e. The Hall–Kier alpha value is -2.42. The average molecular weight is 459 g/mol. The molecule has 0 saturated heterocycles. The van der Waals surface area contributed by atoms with Crippen LogP contribution in [-0.4, -0.2) is 50.2 Å². The summed E-state index contributed by atoms with van der Waals surface area (Å²) in [6.07, 6.45) is 0. The number of fused-ring (bicyclic) bond motifs is 1. The van der Waals surface area contributed by atoms with Crippen LogP contribution in [0.15, 0.2) is 41.3 Å². The predicted octanol–water partition coefficient (Wildman–Crippen LogP) is 3.66. The fourth-order valence-corrected chi connectivity index (χ4v) is 5.00. The molecule has 0 aromatic heterocycles. The highest BCUT2D eigenvalue weighted by atomic mass is 32.2. The van der Waals surface area contributed by atoms with Crippen LogP contribution in [0.25, 0.3) is 0 Å². The Labute approximate surface area is 191 Å². The first-order chi connectivity index (χ1) is 15.0. The number of amides is 1. The number of carbonyl (C=O) groups is 1. The van der Waals surface area contributed by atoms with Gasteiger partial charge in [-0.1, -0.05) is 32.0 Å². The topological polar surface area (TPSA) is 81.8 Å². The molecule has 0 fully saturated rings. The second-order valence-corrected chi connectivity index (χ2v) is 11.1. The van der Waals surface area contributed by atoms with Gasteiger partial charge >= 0.3 is 0 Å². The fraction of sp³-hybridized carbons (Fsp3) is 0.458. The molecule has 1 atom stereocenters. The Bertz CT molecular complexity index is 1100. The molecule has 2 N–H and O–H groups in total. The first-order valence-electron chi connectivity index (χ1n) is 10.9. The molecule has 174 valence electrons. The van der Waals surface area contributed by atoms with E-state index < -0.39 is 10.0 Å². The highest BCUT2D eigenvalue weighted by Crippen LogP contribution is 2.32. The van der Waals surface area contributed by atoms with Crippen molar-refractivity contribution >= 4 is 27.3 Å². The van der Waals surface area contributed by atoms with Gasteiger partial charge in [0.25, 0.3) is 0 Å². The average Bonchev–Trinajstić information content (AvgIpc) is 3.17. The van der Waals surface area contributed by atoms with Crippen LogP contribution in [0.5, 0.6) is 0 Å². The van der Waals surface area contributed by atoms with Gasteiger partial charge in [0, 0.05) is 44.6 Å². The molecular weight excluding hydrogens is 424 g/mol. The standard InChI is InChI=1S/C24H34N4O3S/c1-16(2)18(4)28-14-19-8-7-9-22(21(19)15-28)25-13-24(29)26-20-11-10-17(3)23(12-20)32(30,31)27(5)6/h7-12,16,18,25H,13-15H2,1-6H3,(H,26,29). The maximum atomic E-state index is 12.6. The second kappa shape index (κ2) is 9.60. The summed E-state index contributed by atoms with van der Waals surface area (Å²) in [5.41, 5.74) is 4.59. The molecule has 1 amide bonds. The molecule has 1 aliphatic heterocycles. The summed E-state index contributed by atoms with van der Waals surface area (Å²) in [7, 11) is -0.602. The van der Waals surface area contributed by atoms with Crippen LogP contribution in [0, 0.1) is 12.8 Å². The van der Waals surface area contributed by atoms with E-state index in [4.69, 9.17) is 0 Å². The Balaban J connectivity index is 1.67. The SMILES string of the molecule is Cc1ccc(NC(=O)CNc2cccc3c2CN(C(C)C(C)C)C3)cc1S(=O)(=O)N(C)C. The number of anilines is 2. The van der Waals surface area contributed by atoms with Crippen LogP contribution in [0.4, 0.5) is 11.4 Å². The van der Waals surface area contributed by atoms with Gasteiger partial charge in [0.2, 0.25) is 15.9 Å². The number of carbonyl (C=O) groups excluding carboxylic acids is 1. The molecule has 8 heteroatoms. The summed E-state index contributed by atoms with van der Waals surface area (Å²) in [6.45, 7) is 10.3. The van der Waals surface area contributed by atoms with Gasteiger partial charge in [-0.2, -0.15) is 0 Å². The zero-order chi connectivity index (χ0) is 23.6. The predicted molar refractivity (Wildman–Crippen MR) is 129 cm³/mol. The molecule has 1 heterocycles. The van der Waals surface area contributed by atoms with Gasteiger partial charge in [-0.05, 0) is 54.7 Å². The third-order valence-corrected chi connectivity index (χ3v) is 8.18. The van der Waals surface area contributed by atoms with Crippen molar-refractivity contribution in [3.05, 3.63) is 53.1 Å². The Morgan fingerprint density at radius 2 is 1.84 bits per heavy atom. The zero-order valence-electron chi connectivity index (χ0n) is 19.8. The Morgan fingerprint density at radius 3 is 2.50 bits per heavy atom. The lowest BCUT2D eigenvalue weighted by molar-refractivity contribution is -0.114. The van der Waals surface area contributed by atoms with Crippen LogP contribution >= 0.6 is 0 Å². The molecule has 32 heavy (non-hydrogen) atoms. The number of benzene rings is 2. The van der Waals surface area contributed by atoms with E-state index in [9.17, 15) is 13.2 Å². The van der Waals surface area contributed by atoms with Gasteiger partial charge in [0.15, 0.2) is 0 Å². The largest absolute Gasteiger partial charge is 0.376 e. The molecule has 0 aliphatic carbocycles. The van der Waals surface area contributed by atoms with Gasteiger partial charge in [0.05, 0.1) is 11.4 Å². The van der Waals surface area contributed by atoms with Crippen molar-refractivity contribution in [3.63, 3.8) is 0 Å². The number of rotatable bonds is 8. The van der Waals surface area contributed by atoms with E-state index in [1.165, 1.54) is 35.6 Å². The van der Waals surface area contributed by atoms with E-state index in [1.54, 1.807) is 19.1 Å². The minimum absolute atomic E-state index is 0.0971. The molecule has 0 radical (unpaired) electrons. The van der Waals surface area contributed by atoms with E-state index in [2.05, 4.69) is 42.4 Å². The molecule has 2 aromatic carbocycles. The fourth-order valence-electron chi connectivity index (χ4n) is 3.86. The first kappa shape index (κ1) is 24.2. The zero-order valence-corrected chi connectivity index (χ0v) is 20.6. The summed E-state index contributed by atoms with van der Waals surface area (Å²) in [5.74, 6) is 0.340. The van der Waals surface area contributed by atoms with Gasteiger partial charge in [-0.25, -0.2) is 12.7 Å². The lowest BCUT2D eigenvalue weighted by atomic mass is 10.1. The van der Waals surface area contributed by atoms with Gasteiger partial charge in [0.1, 0.15) is 0 Å². The summed E-state index contributed by atoms with van der Waals surface area (Å²) < 4.78 is 26.2. The third-order valence-electron chi connectivity index (χ3n) is 6.22. The van der Waals surface area contributed by atoms with Crippen molar-refractivity contribution < 1.29 is 13.2 Å². The first-order valence-corrected chi connectivity index (χ1v) is 12.4. The number of nitrogens with one attached hydrogen (secondary N) is 2. The van der Waals surface area contributed by atoms with E-state index in [0.717, 1.165) is 18.8 Å². The number of aryl methyl sites for hydroxylation is 1. The summed E-state index contributed by atoms with van der Waals surface area (Å²) in [6, 6.07) is 11.6. The number of nitrogens with zero attached hydrogens (tertiary/aromatic N) is 2. The van der Waals surface area contributed by atoms with E-state index in [-0.39, 0.29) is 17.3 Å². The van der Waals surface area contributed by atoms with Crippen molar-refractivity contribution in [1.82, 2.24) is 9.21 Å². The number of sulfonamides is 1. The molecule has 2 aromatic rings. The maximum absolute atomic E-state index is 12.6. The molecule has 3 rings (SSSR count). The number of hydrogen-bond donors (Lipinski definition) is 2. The molecule has 0 spiro atoms. The van der Waals surface area contributed by atoms with Crippen LogP contribution < -0.4 is 10.6 Å². The van der Waals surface area contributed by atoms with Crippen LogP contribution in [0.3, 0.4) is 0 Å². The lowest BCUT2D eigenvalue weighted by Gasteiger charge is -2.27. The normalized spacial score (nSPS) is 15.1. The molecule has 7 nitrogen and oxygen atoms in total. The molecule has 1 aliphatic rings. The Kier molecular flexibility index (Phi) is 7.27. The van der Waals surface area contributed by atoms with Gasteiger partial charge < -0.3 is 10.6 Å². The summed E-state index contributed by atoms with van der Waals surface area (Å²) >= 11 is 0. The molecule has 0 saturated carbocycles. The van der Waals surface area contributed by atoms with Crippen LogP contribution in [0.2, 0.25) is 0 Å². The maximum Gasteiger partial charge on any atom is 0.243 e. The van der Waals surface area contributed by atoms with E-state index in [1.807, 2.05) is 12.1 Å². The molecule has 0 bridgehead atoms. The van der Waals surface area contributed by atoms with Gasteiger partial charge in [-0.15, -0.1) is 0 Å². The van der Waals surface area contributed by atoms with E-state index >= 15 is 0 Å². The van der Waals surface area contributed by atoms with Crippen molar-refractivity contribution in [2.45, 2.75) is 51.7 Å². The summed E-state index contributed by atoms with van der Waals surface area (Å²) in [5, 5.41) is 6.07. The Morgan fingerprint density at radius 1 is 1.12 bits per heavy atom. The van der Waals surface area contributed by atoms with Crippen LogP contribution in [0.1, 0.15) is 37.5 Å². The highest BCUT2D eigenvalue weighted by molar-refractivity contribution is 7.89. The minimum atomic E-state index is -3.58. The van der Waals surface area contributed by atoms with Crippen molar-refractivity contribution in [2.75, 3.05) is 31.3 Å². The molecular formula is C24H34N4O3S. The van der Waals surface area contributed by atoms with Crippen molar-refractivity contribution in [1.29, 1.82) is 0 Å². The van der Waals surface area contributed by atoms with Crippen LogP contribution in [-0.2, 0) is 27.9 Å². The lowest BCUT2D eigenvalue weighted by Crippen LogP contribution is -2.32. The van der Waals surface area contributed by atoms with Crippen molar-refractivity contribution in [3.8, 4) is 0 Å². The monoisotopic (exact) mass is 458 g/mol. The quantitative estimate of drug-likeness (QED) is 0.631. The highest BCUT2D eigenvalue weighted by Gasteiger charge is 2.26. The smallest absolute Gasteiger partial charge is 0.243 e. The number of hydrogen-bond acceptors (Lipinski definition) is 5. The molecule has 1 unspecified atom stereocenters. The van der Waals surface area contributed by atoms with E-state index in [0.29, 0.717) is 23.2 Å². The van der Waals surface area contributed by atoms with Crippen molar-refractivity contribution in [2.24, 2.45) is 5.92 Å². The third kappa shape index (κ3) is 5.14.